The van der Waals surface area contributed by atoms with Gasteiger partial charge in [0.25, 0.3) is 0 Å². The number of carbonyl (C=O) groups is 2. The van der Waals surface area contributed by atoms with Crippen LogP contribution in [-0.4, -0.2) is 35.2 Å². The van der Waals surface area contributed by atoms with Crippen LogP contribution >= 0.6 is 0 Å². The van der Waals surface area contributed by atoms with Crippen LogP contribution in [-0.2, 0) is 10.2 Å². The number of anilines is 3. The van der Waals surface area contributed by atoms with E-state index in [1.807, 2.05) is 0 Å². The fourth-order valence-electron chi connectivity index (χ4n) is 4.35. The highest BCUT2D eigenvalue weighted by Gasteiger charge is 2.46. The summed E-state index contributed by atoms with van der Waals surface area (Å²) in [5, 5.41) is 15.3. The normalized spacial score (nSPS) is 14.6. The maximum absolute atomic E-state index is 14.3. The van der Waals surface area contributed by atoms with E-state index in [1.165, 1.54) is 12.1 Å². The Labute approximate surface area is 200 Å². The van der Waals surface area contributed by atoms with Crippen molar-refractivity contribution in [3.63, 3.8) is 0 Å². The summed E-state index contributed by atoms with van der Waals surface area (Å²) in [5.41, 5.74) is 0.816. The van der Waals surface area contributed by atoms with Gasteiger partial charge in [0, 0.05) is 19.3 Å². The van der Waals surface area contributed by atoms with E-state index in [-0.39, 0.29) is 5.69 Å². The molecule has 1 fully saturated rings. The fourth-order valence-corrected chi connectivity index (χ4v) is 4.35. The summed E-state index contributed by atoms with van der Waals surface area (Å²) in [6, 6.07) is 5.68. The number of hydrogen-bond donors (Lipinski definition) is 3. The van der Waals surface area contributed by atoms with Gasteiger partial charge in [0.2, 0.25) is 0 Å². The number of carboxylic acid groups (broad SMARTS) is 1. The summed E-state index contributed by atoms with van der Waals surface area (Å²) in [6.45, 7) is 11.6. The largest absolute Gasteiger partial charge is 0.481 e. The maximum Gasteiger partial charge on any atom is 0.323 e. The highest BCUT2D eigenvalue weighted by molar-refractivity contribution is 6.01. The van der Waals surface area contributed by atoms with Crippen molar-refractivity contribution >= 4 is 29.2 Å². The van der Waals surface area contributed by atoms with Crippen LogP contribution in [0.25, 0.3) is 0 Å². The number of urea groups is 1. The molecule has 8 heteroatoms. The minimum atomic E-state index is -0.984. The molecular weight excluding hydrogens is 435 g/mol. The Morgan fingerprint density at radius 2 is 1.71 bits per heavy atom. The number of hydrogen-bond acceptors (Lipinski definition) is 4. The average Bonchev–Trinajstić information content (AvgIpc) is 2.68. The van der Waals surface area contributed by atoms with Crippen LogP contribution < -0.4 is 15.5 Å². The Morgan fingerprint density at radius 1 is 1.09 bits per heavy atom. The van der Waals surface area contributed by atoms with E-state index in [1.54, 1.807) is 25.3 Å². The molecule has 0 unspecified atom stereocenters. The lowest BCUT2D eigenvalue weighted by molar-refractivity contribution is -0.147. The van der Waals surface area contributed by atoms with Crippen molar-refractivity contribution in [1.82, 2.24) is 4.98 Å². The summed E-state index contributed by atoms with van der Waals surface area (Å²) >= 11 is 0. The second-order valence-electron chi connectivity index (χ2n) is 10.1. The number of rotatable bonds is 9. The zero-order valence-electron chi connectivity index (χ0n) is 20.6. The van der Waals surface area contributed by atoms with Gasteiger partial charge in [-0.25, -0.2) is 14.2 Å². The van der Waals surface area contributed by atoms with E-state index < -0.39 is 23.2 Å². The molecule has 184 valence electrons. The van der Waals surface area contributed by atoms with E-state index in [0.717, 1.165) is 25.1 Å². The lowest BCUT2D eigenvalue weighted by atomic mass is 9.65. The Kier molecular flexibility index (Phi) is 7.79. The second-order valence-corrected chi connectivity index (χ2v) is 10.1. The van der Waals surface area contributed by atoms with Crippen molar-refractivity contribution in [3.8, 4) is 0 Å². The van der Waals surface area contributed by atoms with Crippen LogP contribution in [0.5, 0.6) is 0 Å². The molecule has 0 saturated heterocycles. The van der Waals surface area contributed by atoms with Crippen LogP contribution in [0.3, 0.4) is 0 Å². The molecule has 0 spiro atoms. The van der Waals surface area contributed by atoms with Crippen LogP contribution in [0.1, 0.15) is 58.1 Å². The van der Waals surface area contributed by atoms with Gasteiger partial charge >= 0.3 is 12.0 Å². The Balaban J connectivity index is 1.98. The van der Waals surface area contributed by atoms with Gasteiger partial charge < -0.3 is 20.6 Å². The number of nitrogens with one attached hydrogen (secondary N) is 2. The lowest BCUT2D eigenvalue weighted by Crippen LogP contribution is -2.42. The number of carboxylic acids is 1. The first-order valence-corrected chi connectivity index (χ1v) is 11.8. The first kappa shape index (κ1) is 25.5. The van der Waals surface area contributed by atoms with Crippen molar-refractivity contribution in [3.05, 3.63) is 47.4 Å². The molecule has 0 radical (unpaired) electrons. The minimum Gasteiger partial charge on any atom is -0.481 e. The van der Waals surface area contributed by atoms with Gasteiger partial charge in [-0.15, -0.1) is 0 Å². The quantitative estimate of drug-likeness (QED) is 0.431. The minimum absolute atomic E-state index is 0.0657. The van der Waals surface area contributed by atoms with Gasteiger partial charge in [0.05, 0.1) is 16.8 Å². The summed E-state index contributed by atoms with van der Waals surface area (Å²) in [5.74, 6) is -0.138. The molecule has 2 aromatic rings. The molecule has 2 amide bonds. The predicted octanol–water partition coefficient (Wildman–Crippen LogP) is 5.80. The zero-order chi connectivity index (χ0) is 25.0. The zero-order valence-corrected chi connectivity index (χ0v) is 20.6. The number of amides is 2. The van der Waals surface area contributed by atoms with Crippen molar-refractivity contribution in [2.45, 2.75) is 59.3 Å². The van der Waals surface area contributed by atoms with Crippen LogP contribution in [0.2, 0.25) is 0 Å². The summed E-state index contributed by atoms with van der Waals surface area (Å²) in [7, 11) is 0. The Morgan fingerprint density at radius 3 is 2.21 bits per heavy atom. The Hall–Kier alpha value is -3.16. The smallest absolute Gasteiger partial charge is 0.323 e. The third-order valence-corrected chi connectivity index (χ3v) is 6.13. The van der Waals surface area contributed by atoms with Crippen molar-refractivity contribution in [2.75, 3.05) is 28.6 Å². The maximum atomic E-state index is 14.3. The lowest BCUT2D eigenvalue weighted by Gasteiger charge is -2.38. The number of halogens is 1. The van der Waals surface area contributed by atoms with Crippen LogP contribution in [0.15, 0.2) is 30.5 Å². The highest BCUT2D eigenvalue weighted by Crippen LogP contribution is 2.45. The third kappa shape index (κ3) is 5.66. The first-order chi connectivity index (χ1) is 16.0. The number of nitrogens with zero attached hydrogens (tertiary/aromatic N) is 2. The van der Waals surface area contributed by atoms with Gasteiger partial charge in [-0.05, 0) is 60.9 Å². The van der Waals surface area contributed by atoms with Gasteiger partial charge in [-0.3, -0.25) is 4.79 Å². The molecule has 3 N–H and O–H groups in total. The van der Waals surface area contributed by atoms with Crippen molar-refractivity contribution in [1.29, 1.82) is 0 Å². The van der Waals surface area contributed by atoms with Gasteiger partial charge in [0.1, 0.15) is 5.82 Å². The molecule has 0 bridgehead atoms. The standard InChI is InChI=1S/C26H35FN4O3/c1-16(2)14-31(15-17(3)4)23-22(12-19(13-28-23)26(24(32)33)9-6-10-26)30-25(34)29-21-8-7-18(5)11-20(21)27/h7-8,11-13,16-17H,6,9-10,14-15H2,1-5H3,(H,32,33)(H2,29,30,34). The average molecular weight is 471 g/mol. The summed E-state index contributed by atoms with van der Waals surface area (Å²) in [4.78, 5) is 31.7. The molecule has 1 aliphatic rings. The summed E-state index contributed by atoms with van der Waals surface area (Å²) < 4.78 is 14.3. The molecule has 1 aromatic carbocycles. The number of carbonyl (C=O) groups excluding carboxylic acids is 1. The third-order valence-electron chi connectivity index (χ3n) is 6.13. The second kappa shape index (κ2) is 10.4. The number of pyridine rings is 1. The molecule has 0 atom stereocenters. The number of aliphatic carboxylic acids is 1. The number of aromatic nitrogens is 1. The molecule has 1 aliphatic carbocycles. The highest BCUT2D eigenvalue weighted by atomic mass is 19.1. The molecular formula is C26H35FN4O3. The topological polar surface area (TPSA) is 94.6 Å². The van der Waals surface area contributed by atoms with E-state index >= 15 is 0 Å². The van der Waals surface area contributed by atoms with Crippen molar-refractivity contribution < 1.29 is 19.1 Å². The molecule has 7 nitrogen and oxygen atoms in total. The molecule has 1 heterocycles. The fraction of sp³-hybridized carbons (Fsp3) is 0.500. The first-order valence-electron chi connectivity index (χ1n) is 11.8. The van der Waals surface area contributed by atoms with Gasteiger partial charge in [0.15, 0.2) is 5.82 Å². The molecule has 0 aliphatic heterocycles. The predicted molar refractivity (Wildman–Crippen MR) is 133 cm³/mol. The van der Waals surface area contributed by atoms with Gasteiger partial charge in [-0.1, -0.05) is 40.2 Å². The molecule has 1 saturated carbocycles. The van der Waals surface area contributed by atoms with E-state index in [9.17, 15) is 19.1 Å². The number of benzene rings is 1. The monoisotopic (exact) mass is 470 g/mol. The Bertz CT molecular complexity index is 1040. The van der Waals surface area contributed by atoms with Crippen molar-refractivity contribution in [2.24, 2.45) is 11.8 Å². The van der Waals surface area contributed by atoms with E-state index in [0.29, 0.717) is 41.7 Å². The summed E-state index contributed by atoms with van der Waals surface area (Å²) in [6.07, 6.45) is 3.52. The SMILES string of the molecule is Cc1ccc(NC(=O)Nc2cc(C3(C(=O)O)CCC3)cnc2N(CC(C)C)CC(C)C)c(F)c1. The van der Waals surface area contributed by atoms with Crippen LogP contribution in [0.4, 0.5) is 26.4 Å². The molecule has 1 aromatic heterocycles. The van der Waals surface area contributed by atoms with E-state index in [4.69, 9.17) is 0 Å². The molecule has 3 rings (SSSR count). The number of aryl methyl sites for hydroxylation is 1. The molecule has 34 heavy (non-hydrogen) atoms. The van der Waals surface area contributed by atoms with Gasteiger partial charge in [-0.2, -0.15) is 0 Å². The van der Waals surface area contributed by atoms with Crippen LogP contribution in [0, 0.1) is 24.6 Å². The van der Waals surface area contributed by atoms with E-state index in [2.05, 4.69) is 48.2 Å².